The lowest BCUT2D eigenvalue weighted by molar-refractivity contribution is -0.141. The number of alkyl halides is 3. The van der Waals surface area contributed by atoms with Crippen molar-refractivity contribution in [2.24, 2.45) is 5.92 Å². The average Bonchev–Trinajstić information content (AvgIpc) is 2.28. The summed E-state index contributed by atoms with van der Waals surface area (Å²) in [6.07, 6.45) is -4.55. The smallest absolute Gasteiger partial charge is 0.417 e. The fourth-order valence-electron chi connectivity index (χ4n) is 1.43. The van der Waals surface area contributed by atoms with Crippen LogP contribution in [-0.2, 0) is 11.0 Å². The van der Waals surface area contributed by atoms with Crippen LogP contribution >= 0.6 is 11.6 Å². The Hall–Kier alpha value is -1.43. The number of carboxylic acid groups (broad SMARTS) is 1. The molecule has 1 aromatic carbocycles. The number of hydrogen-bond donors (Lipinski definition) is 2. The van der Waals surface area contributed by atoms with Crippen molar-refractivity contribution in [2.45, 2.75) is 26.1 Å². The number of rotatable bonds is 4. The van der Waals surface area contributed by atoms with Crippen molar-refractivity contribution in [3.05, 3.63) is 28.8 Å². The summed E-state index contributed by atoms with van der Waals surface area (Å²) < 4.78 is 37.9. The van der Waals surface area contributed by atoms with Crippen LogP contribution < -0.4 is 5.32 Å². The van der Waals surface area contributed by atoms with Gasteiger partial charge in [0.1, 0.15) is 0 Å². The highest BCUT2D eigenvalue weighted by molar-refractivity contribution is 6.31. The van der Waals surface area contributed by atoms with Gasteiger partial charge in [-0.15, -0.1) is 0 Å². The van der Waals surface area contributed by atoms with Crippen molar-refractivity contribution in [3.8, 4) is 0 Å². The molecule has 0 heterocycles. The van der Waals surface area contributed by atoms with Crippen LogP contribution in [0.4, 0.5) is 18.9 Å². The molecule has 19 heavy (non-hydrogen) atoms. The highest BCUT2D eigenvalue weighted by atomic mass is 35.5. The molecule has 0 saturated heterocycles. The summed E-state index contributed by atoms with van der Waals surface area (Å²) >= 11 is 5.49. The van der Waals surface area contributed by atoms with Crippen LogP contribution in [0.1, 0.15) is 19.4 Å². The molecule has 7 heteroatoms. The summed E-state index contributed by atoms with van der Waals surface area (Å²) in [5.74, 6) is -1.75. The first-order valence-electron chi connectivity index (χ1n) is 5.49. The van der Waals surface area contributed by atoms with E-state index in [9.17, 15) is 18.0 Å². The summed E-state index contributed by atoms with van der Waals surface area (Å²) in [7, 11) is 0. The number of carbonyl (C=O) groups is 1. The van der Waals surface area contributed by atoms with E-state index in [1.807, 2.05) is 0 Å². The topological polar surface area (TPSA) is 49.3 Å². The number of hydrogen-bond acceptors (Lipinski definition) is 2. The lowest BCUT2D eigenvalue weighted by Crippen LogP contribution is -2.29. The molecule has 0 bridgehead atoms. The number of nitrogens with one attached hydrogen (secondary N) is 1. The van der Waals surface area contributed by atoms with Crippen LogP contribution in [0.3, 0.4) is 0 Å². The zero-order valence-corrected chi connectivity index (χ0v) is 11.0. The first kappa shape index (κ1) is 15.6. The Morgan fingerprint density at radius 3 is 2.42 bits per heavy atom. The standard InChI is InChI=1S/C12H13ClF3NO2/c1-6(11(18)19)7(2)17-8-3-4-10(13)9(5-8)12(14,15)16/h3-7,17H,1-2H3,(H,18,19). The SMILES string of the molecule is CC(Nc1ccc(Cl)c(C(F)(F)F)c1)C(C)C(=O)O. The molecule has 3 nitrogen and oxygen atoms in total. The molecule has 0 saturated carbocycles. The second-order valence-corrected chi connectivity index (χ2v) is 4.66. The second-order valence-electron chi connectivity index (χ2n) is 4.25. The Labute approximate surface area is 113 Å². The van der Waals surface area contributed by atoms with Gasteiger partial charge in [-0.05, 0) is 32.0 Å². The van der Waals surface area contributed by atoms with Crippen molar-refractivity contribution in [3.63, 3.8) is 0 Å². The molecule has 0 radical (unpaired) electrons. The Morgan fingerprint density at radius 1 is 1.37 bits per heavy atom. The average molecular weight is 296 g/mol. The van der Waals surface area contributed by atoms with Gasteiger partial charge in [0.05, 0.1) is 16.5 Å². The van der Waals surface area contributed by atoms with E-state index in [1.165, 1.54) is 13.0 Å². The molecule has 0 aliphatic heterocycles. The molecule has 2 atom stereocenters. The van der Waals surface area contributed by atoms with Gasteiger partial charge in [-0.3, -0.25) is 4.79 Å². The van der Waals surface area contributed by atoms with Crippen LogP contribution in [0.5, 0.6) is 0 Å². The molecule has 0 amide bonds. The first-order valence-corrected chi connectivity index (χ1v) is 5.87. The van der Waals surface area contributed by atoms with Gasteiger partial charge in [-0.25, -0.2) is 0 Å². The predicted octanol–water partition coefficient (Wildman–Crippen LogP) is 3.88. The summed E-state index contributed by atoms with van der Waals surface area (Å²) in [6, 6.07) is 2.86. The van der Waals surface area contributed by atoms with E-state index < -0.39 is 34.7 Å². The normalized spacial score (nSPS) is 14.8. The molecule has 2 unspecified atom stereocenters. The van der Waals surface area contributed by atoms with E-state index in [-0.39, 0.29) is 5.69 Å². The molecule has 0 spiro atoms. The Bertz CT molecular complexity index is 477. The van der Waals surface area contributed by atoms with Crippen LogP contribution in [0.2, 0.25) is 5.02 Å². The zero-order chi connectivity index (χ0) is 14.8. The Balaban J connectivity index is 2.95. The molecule has 0 aromatic heterocycles. The highest BCUT2D eigenvalue weighted by Crippen LogP contribution is 2.36. The third kappa shape index (κ3) is 4.02. The van der Waals surface area contributed by atoms with E-state index in [1.54, 1.807) is 6.92 Å². The molecule has 106 valence electrons. The van der Waals surface area contributed by atoms with Crippen molar-refractivity contribution in [1.29, 1.82) is 0 Å². The van der Waals surface area contributed by atoms with Gasteiger partial charge in [0.15, 0.2) is 0 Å². The minimum atomic E-state index is -4.55. The molecule has 0 aliphatic carbocycles. The van der Waals surface area contributed by atoms with Crippen LogP contribution in [-0.4, -0.2) is 17.1 Å². The lowest BCUT2D eigenvalue weighted by Gasteiger charge is -2.20. The molecule has 0 aliphatic rings. The lowest BCUT2D eigenvalue weighted by atomic mass is 10.0. The minimum Gasteiger partial charge on any atom is -0.481 e. The van der Waals surface area contributed by atoms with E-state index in [0.29, 0.717) is 0 Å². The number of carboxylic acids is 1. The zero-order valence-electron chi connectivity index (χ0n) is 10.3. The molecule has 1 rings (SSSR count). The minimum absolute atomic E-state index is 0.178. The number of aliphatic carboxylic acids is 1. The summed E-state index contributed by atoms with van der Waals surface area (Å²) in [6.45, 7) is 3.06. The Kier molecular flexibility index (Phi) is 4.68. The molecule has 2 N–H and O–H groups in total. The van der Waals surface area contributed by atoms with Crippen molar-refractivity contribution < 1.29 is 23.1 Å². The van der Waals surface area contributed by atoms with Gasteiger partial charge in [0.25, 0.3) is 0 Å². The summed E-state index contributed by atoms with van der Waals surface area (Å²) in [5.41, 5.74) is -0.772. The maximum atomic E-state index is 12.6. The van der Waals surface area contributed by atoms with Crippen molar-refractivity contribution in [2.75, 3.05) is 5.32 Å². The van der Waals surface area contributed by atoms with E-state index in [0.717, 1.165) is 12.1 Å². The van der Waals surface area contributed by atoms with Gasteiger partial charge in [0, 0.05) is 11.7 Å². The van der Waals surface area contributed by atoms with Gasteiger partial charge >= 0.3 is 12.1 Å². The van der Waals surface area contributed by atoms with Crippen LogP contribution in [0.15, 0.2) is 18.2 Å². The molecule has 0 fully saturated rings. The van der Waals surface area contributed by atoms with Gasteiger partial charge < -0.3 is 10.4 Å². The number of halogens is 4. The van der Waals surface area contributed by atoms with E-state index in [2.05, 4.69) is 5.32 Å². The maximum Gasteiger partial charge on any atom is 0.417 e. The highest BCUT2D eigenvalue weighted by Gasteiger charge is 2.33. The quantitative estimate of drug-likeness (QED) is 0.886. The second kappa shape index (κ2) is 5.69. The van der Waals surface area contributed by atoms with Gasteiger partial charge in [-0.1, -0.05) is 11.6 Å². The molecule has 1 aromatic rings. The number of anilines is 1. The number of benzene rings is 1. The van der Waals surface area contributed by atoms with Crippen LogP contribution in [0, 0.1) is 5.92 Å². The van der Waals surface area contributed by atoms with E-state index in [4.69, 9.17) is 16.7 Å². The maximum absolute atomic E-state index is 12.6. The third-order valence-corrected chi connectivity index (χ3v) is 3.14. The fraction of sp³-hybridized carbons (Fsp3) is 0.417. The van der Waals surface area contributed by atoms with Crippen molar-refractivity contribution in [1.82, 2.24) is 0 Å². The molecular weight excluding hydrogens is 283 g/mol. The predicted molar refractivity (Wildman–Crippen MR) is 66.3 cm³/mol. The molecular formula is C12H13ClF3NO2. The monoisotopic (exact) mass is 295 g/mol. The van der Waals surface area contributed by atoms with Gasteiger partial charge in [-0.2, -0.15) is 13.2 Å². The van der Waals surface area contributed by atoms with E-state index >= 15 is 0 Å². The largest absolute Gasteiger partial charge is 0.481 e. The summed E-state index contributed by atoms with van der Waals surface area (Å²) in [5, 5.41) is 11.1. The Morgan fingerprint density at radius 2 is 1.95 bits per heavy atom. The first-order chi connectivity index (χ1) is 8.62. The third-order valence-electron chi connectivity index (χ3n) is 2.81. The fourth-order valence-corrected chi connectivity index (χ4v) is 1.66. The summed E-state index contributed by atoms with van der Waals surface area (Å²) in [4.78, 5) is 10.8. The van der Waals surface area contributed by atoms with Crippen molar-refractivity contribution >= 4 is 23.3 Å². The van der Waals surface area contributed by atoms with Crippen LogP contribution in [0.25, 0.3) is 0 Å². The van der Waals surface area contributed by atoms with Gasteiger partial charge in [0.2, 0.25) is 0 Å².